The third-order valence-corrected chi connectivity index (χ3v) is 6.60. The van der Waals surface area contributed by atoms with Gasteiger partial charge in [-0.3, -0.25) is 4.98 Å². The summed E-state index contributed by atoms with van der Waals surface area (Å²) >= 11 is 0. The van der Waals surface area contributed by atoms with Gasteiger partial charge in [0, 0.05) is 36.3 Å². The lowest BCUT2D eigenvalue weighted by Gasteiger charge is -2.28. The Kier molecular flexibility index (Phi) is 7.86. The van der Waals surface area contributed by atoms with Gasteiger partial charge in [0.05, 0.1) is 16.8 Å². The Morgan fingerprint density at radius 2 is 2.00 bits per heavy atom. The number of ether oxygens (including phenoxy) is 2. The molecule has 2 aliphatic rings. The van der Waals surface area contributed by atoms with E-state index in [0.717, 1.165) is 38.8 Å². The normalized spacial score (nSPS) is 16.4. The minimum Gasteiger partial charge on any atom is -0.489 e. The van der Waals surface area contributed by atoms with Crippen LogP contribution >= 0.6 is 0 Å². The lowest BCUT2D eigenvalue weighted by atomic mass is 10.1. The van der Waals surface area contributed by atoms with E-state index in [-0.39, 0.29) is 29.6 Å². The number of rotatable bonds is 9. The Morgan fingerprint density at radius 3 is 2.74 bits per heavy atom. The molecule has 1 saturated heterocycles. The van der Waals surface area contributed by atoms with Crippen LogP contribution in [0.15, 0.2) is 42.6 Å². The van der Waals surface area contributed by atoms with E-state index >= 15 is 0 Å². The van der Waals surface area contributed by atoms with Gasteiger partial charge < -0.3 is 30.1 Å². The first-order valence-corrected chi connectivity index (χ1v) is 12.9. The number of piperidine rings is 1. The molecular formula is C28H30FN5O4. The van der Waals surface area contributed by atoms with Crippen LogP contribution in [0.2, 0.25) is 0 Å². The molecule has 0 spiro atoms. The number of benzene rings is 2. The van der Waals surface area contributed by atoms with Crippen molar-refractivity contribution in [2.24, 2.45) is 0 Å². The summed E-state index contributed by atoms with van der Waals surface area (Å²) in [7, 11) is 0. The predicted molar refractivity (Wildman–Crippen MR) is 140 cm³/mol. The molecule has 1 aliphatic heterocycles. The molecule has 2 heterocycles. The molecule has 3 aromatic rings. The zero-order valence-corrected chi connectivity index (χ0v) is 21.0. The highest BCUT2D eigenvalue weighted by Crippen LogP contribution is 2.34. The fraction of sp³-hybridized carbons (Fsp3) is 0.393. The number of pyridine rings is 1. The number of carbonyl (C=O) groups excluding carboxylic acids is 1. The SMILES string of the molecule is N#Cc1cc2c(Oc3ccc(NC(=O)NC4CC4)c(F)c3)ccnc2cc1OCC(O)CN1CCCCC1. The Bertz CT molecular complexity index is 1350. The van der Waals surface area contributed by atoms with Gasteiger partial charge >= 0.3 is 6.03 Å². The quantitative estimate of drug-likeness (QED) is 0.379. The Balaban J connectivity index is 1.28. The average molecular weight is 520 g/mol. The summed E-state index contributed by atoms with van der Waals surface area (Å²) < 4.78 is 26.4. The first-order chi connectivity index (χ1) is 18.5. The van der Waals surface area contributed by atoms with Crippen LogP contribution in [0, 0.1) is 17.1 Å². The molecule has 1 aromatic heterocycles. The van der Waals surface area contributed by atoms with Crippen LogP contribution in [0.25, 0.3) is 10.9 Å². The van der Waals surface area contributed by atoms with Crippen LogP contribution < -0.4 is 20.1 Å². The number of carbonyl (C=O) groups is 1. The van der Waals surface area contributed by atoms with E-state index in [0.29, 0.717) is 28.9 Å². The Hall–Kier alpha value is -3.94. The number of anilines is 1. The van der Waals surface area contributed by atoms with Crippen LogP contribution in [0.3, 0.4) is 0 Å². The van der Waals surface area contributed by atoms with Crippen LogP contribution in [0.5, 0.6) is 17.2 Å². The lowest BCUT2D eigenvalue weighted by molar-refractivity contribution is 0.0617. The molecule has 1 atom stereocenters. The van der Waals surface area contributed by atoms with Gasteiger partial charge in [-0.25, -0.2) is 9.18 Å². The van der Waals surface area contributed by atoms with Crippen LogP contribution in [0.4, 0.5) is 14.9 Å². The summed E-state index contributed by atoms with van der Waals surface area (Å²) in [5.74, 6) is 0.300. The van der Waals surface area contributed by atoms with Crippen molar-refractivity contribution in [1.29, 1.82) is 5.26 Å². The van der Waals surface area contributed by atoms with Crippen LogP contribution in [0.1, 0.15) is 37.7 Å². The van der Waals surface area contributed by atoms with Gasteiger partial charge in [0.1, 0.15) is 41.8 Å². The number of hydrogen-bond donors (Lipinski definition) is 3. The number of hydrogen-bond acceptors (Lipinski definition) is 7. The summed E-state index contributed by atoms with van der Waals surface area (Å²) in [6.45, 7) is 2.54. The number of aromatic nitrogens is 1. The number of aliphatic hydroxyl groups is 1. The number of fused-ring (bicyclic) bond motifs is 1. The van der Waals surface area contributed by atoms with Gasteiger partial charge in [0.15, 0.2) is 0 Å². The van der Waals surface area contributed by atoms with Crippen molar-refractivity contribution in [3.8, 4) is 23.3 Å². The second kappa shape index (κ2) is 11.6. The standard InChI is InChI=1S/C28H30FN5O4/c29-23-13-21(6-7-24(23)33-28(36)32-19-4-5-19)38-26-8-9-31-25-14-27(18(15-30)12-22(25)26)37-17-20(35)16-34-10-2-1-3-11-34/h6-9,12-14,19-20,35H,1-5,10-11,16-17H2,(H2,32,33,36). The van der Waals surface area contributed by atoms with Crippen molar-refractivity contribution in [3.63, 3.8) is 0 Å². The monoisotopic (exact) mass is 519 g/mol. The van der Waals surface area contributed by atoms with E-state index in [1.54, 1.807) is 30.5 Å². The Morgan fingerprint density at radius 1 is 1.18 bits per heavy atom. The smallest absolute Gasteiger partial charge is 0.319 e. The summed E-state index contributed by atoms with van der Waals surface area (Å²) in [5, 5.41) is 26.0. The van der Waals surface area contributed by atoms with E-state index in [2.05, 4.69) is 26.6 Å². The third kappa shape index (κ3) is 6.49. The Labute approximate surface area is 220 Å². The fourth-order valence-corrected chi connectivity index (χ4v) is 4.48. The average Bonchev–Trinajstić information content (AvgIpc) is 3.73. The maximum Gasteiger partial charge on any atom is 0.319 e. The van der Waals surface area contributed by atoms with Crippen molar-refractivity contribution >= 4 is 22.6 Å². The molecule has 2 aromatic carbocycles. The molecule has 1 unspecified atom stereocenters. The molecule has 9 nitrogen and oxygen atoms in total. The second-order valence-corrected chi connectivity index (χ2v) is 9.73. The van der Waals surface area contributed by atoms with Gasteiger partial charge in [-0.15, -0.1) is 0 Å². The van der Waals surface area contributed by atoms with Crippen molar-refractivity contribution in [2.45, 2.75) is 44.2 Å². The number of halogens is 1. The fourth-order valence-electron chi connectivity index (χ4n) is 4.48. The minimum atomic E-state index is -0.676. The summed E-state index contributed by atoms with van der Waals surface area (Å²) in [4.78, 5) is 18.5. The minimum absolute atomic E-state index is 0.0473. The molecule has 38 heavy (non-hydrogen) atoms. The lowest BCUT2D eigenvalue weighted by Crippen LogP contribution is -2.38. The number of aliphatic hydroxyl groups excluding tert-OH is 1. The van der Waals surface area contributed by atoms with Gasteiger partial charge in [0.25, 0.3) is 0 Å². The molecule has 1 saturated carbocycles. The molecular weight excluding hydrogens is 489 g/mol. The van der Waals surface area contributed by atoms with Gasteiger partial charge in [-0.2, -0.15) is 5.26 Å². The molecule has 0 bridgehead atoms. The molecule has 1 aliphatic carbocycles. The highest BCUT2D eigenvalue weighted by atomic mass is 19.1. The van der Waals surface area contributed by atoms with E-state index in [1.807, 2.05) is 0 Å². The molecule has 0 radical (unpaired) electrons. The summed E-state index contributed by atoms with van der Waals surface area (Å²) in [6, 6.07) is 10.9. The number of urea groups is 1. The van der Waals surface area contributed by atoms with Crippen molar-refractivity contribution in [2.75, 3.05) is 31.6 Å². The van der Waals surface area contributed by atoms with Gasteiger partial charge in [0.2, 0.25) is 0 Å². The van der Waals surface area contributed by atoms with Crippen LogP contribution in [-0.2, 0) is 0 Å². The van der Waals surface area contributed by atoms with Crippen LogP contribution in [-0.4, -0.2) is 59.4 Å². The van der Waals surface area contributed by atoms with Crippen molar-refractivity contribution < 1.29 is 23.8 Å². The molecule has 198 valence electrons. The second-order valence-electron chi connectivity index (χ2n) is 9.73. The van der Waals surface area contributed by atoms with E-state index in [4.69, 9.17) is 9.47 Å². The number of amides is 2. The topological polar surface area (TPSA) is 120 Å². The molecule has 10 heteroatoms. The summed E-state index contributed by atoms with van der Waals surface area (Å²) in [5.41, 5.74) is 0.844. The van der Waals surface area contributed by atoms with E-state index < -0.39 is 18.0 Å². The highest BCUT2D eigenvalue weighted by molar-refractivity contribution is 5.90. The summed E-state index contributed by atoms with van der Waals surface area (Å²) in [6.07, 6.45) is 6.24. The maximum atomic E-state index is 14.6. The third-order valence-electron chi connectivity index (χ3n) is 6.60. The molecule has 3 N–H and O–H groups in total. The van der Waals surface area contributed by atoms with Gasteiger partial charge in [-0.05, 0) is 63.0 Å². The first kappa shape index (κ1) is 25.7. The highest BCUT2D eigenvalue weighted by Gasteiger charge is 2.23. The molecule has 2 amide bonds. The van der Waals surface area contributed by atoms with E-state index in [1.165, 1.54) is 18.6 Å². The van der Waals surface area contributed by atoms with E-state index in [9.17, 15) is 19.6 Å². The number of nitriles is 1. The predicted octanol–water partition coefficient (Wildman–Crippen LogP) is 4.55. The number of nitrogens with one attached hydrogen (secondary N) is 2. The van der Waals surface area contributed by atoms with Crippen molar-refractivity contribution in [3.05, 3.63) is 54.0 Å². The zero-order chi connectivity index (χ0) is 26.5. The van der Waals surface area contributed by atoms with Crippen molar-refractivity contribution in [1.82, 2.24) is 15.2 Å². The maximum absolute atomic E-state index is 14.6. The number of nitrogens with zero attached hydrogens (tertiary/aromatic N) is 3. The molecule has 5 rings (SSSR count). The number of β-amino-alcohol motifs (C(OH)–C–C–N with tert-alkyl or cyclic N) is 1. The first-order valence-electron chi connectivity index (χ1n) is 12.9. The van der Waals surface area contributed by atoms with Gasteiger partial charge in [-0.1, -0.05) is 6.42 Å². The molecule has 2 fully saturated rings. The zero-order valence-electron chi connectivity index (χ0n) is 21.0. The number of likely N-dealkylation sites (tertiary alicyclic amines) is 1. The largest absolute Gasteiger partial charge is 0.489 e.